The second kappa shape index (κ2) is 5.08. The molecule has 1 aliphatic carbocycles. The van der Waals surface area contributed by atoms with E-state index in [2.05, 4.69) is 38.9 Å². The molecule has 1 aromatic rings. The molecule has 4 heteroatoms. The Morgan fingerprint density at radius 3 is 2.65 bits per heavy atom. The number of carbonyl (C=O) groups is 1. The molecule has 0 spiro atoms. The van der Waals surface area contributed by atoms with Crippen LogP contribution in [-0.2, 0) is 18.4 Å². The standard InChI is InChI=1S/C16H25N3O/c1-11(2)7-13-14(16(13,3)4)15(20)18(5)9-12-8-17-19(6)10-12/h7-8,10,13-14H,9H2,1-6H3/t13-,14+/m1/s1. The lowest BCUT2D eigenvalue weighted by Crippen LogP contribution is -2.29. The van der Waals surface area contributed by atoms with Gasteiger partial charge >= 0.3 is 0 Å². The quantitative estimate of drug-likeness (QED) is 0.792. The van der Waals surface area contributed by atoms with Crippen LogP contribution < -0.4 is 0 Å². The molecule has 1 aliphatic rings. The smallest absolute Gasteiger partial charge is 0.226 e. The zero-order valence-corrected chi connectivity index (χ0v) is 13.3. The van der Waals surface area contributed by atoms with Crippen molar-refractivity contribution in [1.29, 1.82) is 0 Å². The van der Waals surface area contributed by atoms with Crippen molar-refractivity contribution in [3.8, 4) is 0 Å². The van der Waals surface area contributed by atoms with Gasteiger partial charge in [0.15, 0.2) is 0 Å². The highest BCUT2D eigenvalue weighted by Crippen LogP contribution is 2.60. The Morgan fingerprint density at radius 1 is 1.50 bits per heavy atom. The maximum atomic E-state index is 12.6. The van der Waals surface area contributed by atoms with Crippen LogP contribution in [0.3, 0.4) is 0 Å². The highest BCUT2D eigenvalue weighted by molar-refractivity contribution is 5.83. The third kappa shape index (κ3) is 2.79. The fraction of sp³-hybridized carbons (Fsp3) is 0.625. The Bertz CT molecular complexity index is 538. The van der Waals surface area contributed by atoms with Gasteiger partial charge < -0.3 is 4.90 Å². The summed E-state index contributed by atoms with van der Waals surface area (Å²) in [6.07, 6.45) is 6.01. The van der Waals surface area contributed by atoms with Crippen LogP contribution in [0.5, 0.6) is 0 Å². The summed E-state index contributed by atoms with van der Waals surface area (Å²) in [4.78, 5) is 14.4. The van der Waals surface area contributed by atoms with E-state index in [1.807, 2.05) is 31.4 Å². The van der Waals surface area contributed by atoms with Crippen LogP contribution in [-0.4, -0.2) is 27.6 Å². The number of aryl methyl sites for hydroxylation is 1. The number of rotatable bonds is 4. The molecule has 110 valence electrons. The van der Waals surface area contributed by atoms with Crippen LogP contribution in [0.15, 0.2) is 24.0 Å². The predicted molar refractivity (Wildman–Crippen MR) is 79.9 cm³/mol. The summed E-state index contributed by atoms with van der Waals surface area (Å²) in [5.41, 5.74) is 2.44. The van der Waals surface area contributed by atoms with Gasteiger partial charge in [-0.2, -0.15) is 5.10 Å². The molecule has 0 radical (unpaired) electrons. The summed E-state index contributed by atoms with van der Waals surface area (Å²) in [6.45, 7) is 9.17. The van der Waals surface area contributed by atoms with Gasteiger partial charge in [0, 0.05) is 32.4 Å². The molecule has 1 fully saturated rings. The zero-order valence-electron chi connectivity index (χ0n) is 13.3. The molecule has 0 bridgehead atoms. The van der Waals surface area contributed by atoms with Crippen molar-refractivity contribution in [3.05, 3.63) is 29.6 Å². The van der Waals surface area contributed by atoms with Crippen LogP contribution in [0.1, 0.15) is 33.3 Å². The molecular formula is C16H25N3O. The average molecular weight is 275 g/mol. The van der Waals surface area contributed by atoms with Crippen LogP contribution in [0.2, 0.25) is 0 Å². The molecule has 0 N–H and O–H groups in total. The summed E-state index contributed by atoms with van der Waals surface area (Å²) in [5, 5.41) is 4.14. The van der Waals surface area contributed by atoms with Crippen molar-refractivity contribution in [2.45, 2.75) is 34.2 Å². The number of nitrogens with zero attached hydrogens (tertiary/aromatic N) is 3. The van der Waals surface area contributed by atoms with E-state index in [0.29, 0.717) is 12.5 Å². The number of hydrogen-bond acceptors (Lipinski definition) is 2. The van der Waals surface area contributed by atoms with E-state index in [1.165, 1.54) is 5.57 Å². The Morgan fingerprint density at radius 2 is 2.15 bits per heavy atom. The lowest BCUT2D eigenvalue weighted by atomic mass is 10.1. The van der Waals surface area contributed by atoms with E-state index in [0.717, 1.165) is 5.56 Å². The maximum absolute atomic E-state index is 12.6. The van der Waals surface area contributed by atoms with Gasteiger partial charge in [0.25, 0.3) is 0 Å². The Kier molecular flexibility index (Phi) is 3.76. The lowest BCUT2D eigenvalue weighted by molar-refractivity contribution is -0.132. The third-order valence-corrected chi connectivity index (χ3v) is 4.24. The highest BCUT2D eigenvalue weighted by atomic mass is 16.2. The largest absolute Gasteiger partial charge is 0.341 e. The Hall–Kier alpha value is -1.58. The van der Waals surface area contributed by atoms with E-state index >= 15 is 0 Å². The van der Waals surface area contributed by atoms with Gasteiger partial charge in [0.05, 0.1) is 12.1 Å². The Labute approximate surface area is 121 Å². The first kappa shape index (κ1) is 14.8. The fourth-order valence-corrected chi connectivity index (χ4v) is 2.96. The number of hydrogen-bond donors (Lipinski definition) is 0. The third-order valence-electron chi connectivity index (χ3n) is 4.24. The number of carbonyl (C=O) groups excluding carboxylic acids is 1. The van der Waals surface area contributed by atoms with Crippen molar-refractivity contribution >= 4 is 5.91 Å². The molecule has 1 amide bonds. The first-order valence-electron chi connectivity index (χ1n) is 7.11. The second-order valence-corrected chi connectivity index (χ2v) is 6.79. The van der Waals surface area contributed by atoms with Crippen LogP contribution in [0.4, 0.5) is 0 Å². The first-order chi connectivity index (χ1) is 9.23. The molecule has 0 aromatic carbocycles. The zero-order chi connectivity index (χ0) is 15.1. The summed E-state index contributed by atoms with van der Waals surface area (Å²) in [7, 11) is 3.77. The minimum absolute atomic E-state index is 0.0809. The normalized spacial score (nSPS) is 23.3. The molecule has 0 aliphatic heterocycles. The SMILES string of the molecule is CC(C)=C[C@@H]1[C@@H](C(=O)N(C)Cc2cnn(C)c2)C1(C)C. The predicted octanol–water partition coefficient (Wildman–Crippen LogP) is 2.62. The van der Waals surface area contributed by atoms with Gasteiger partial charge in [-0.25, -0.2) is 0 Å². The van der Waals surface area contributed by atoms with Crippen molar-refractivity contribution in [3.63, 3.8) is 0 Å². The average Bonchev–Trinajstić information content (AvgIpc) is 2.68. The molecule has 20 heavy (non-hydrogen) atoms. The minimum atomic E-state index is 0.0809. The van der Waals surface area contributed by atoms with Gasteiger partial charge in [-0.3, -0.25) is 9.48 Å². The van der Waals surface area contributed by atoms with Crippen LogP contribution in [0.25, 0.3) is 0 Å². The molecule has 2 rings (SSSR count). The van der Waals surface area contributed by atoms with E-state index in [1.54, 1.807) is 4.68 Å². The molecule has 0 unspecified atom stereocenters. The van der Waals surface area contributed by atoms with Gasteiger partial charge in [0.1, 0.15) is 0 Å². The highest BCUT2D eigenvalue weighted by Gasteiger charge is 2.60. The van der Waals surface area contributed by atoms with Gasteiger partial charge in [-0.05, 0) is 25.2 Å². The van der Waals surface area contributed by atoms with Crippen molar-refractivity contribution in [2.24, 2.45) is 24.3 Å². The lowest BCUT2D eigenvalue weighted by Gasteiger charge is -2.17. The van der Waals surface area contributed by atoms with E-state index in [4.69, 9.17) is 0 Å². The summed E-state index contributed by atoms with van der Waals surface area (Å²) in [6, 6.07) is 0. The van der Waals surface area contributed by atoms with E-state index in [9.17, 15) is 4.79 Å². The van der Waals surface area contributed by atoms with E-state index in [-0.39, 0.29) is 17.2 Å². The number of allylic oxidation sites excluding steroid dienone is 2. The maximum Gasteiger partial charge on any atom is 0.226 e. The number of amides is 1. The molecule has 1 saturated carbocycles. The van der Waals surface area contributed by atoms with Crippen LogP contribution in [0, 0.1) is 17.3 Å². The van der Waals surface area contributed by atoms with Gasteiger partial charge in [0.2, 0.25) is 5.91 Å². The summed E-state index contributed by atoms with van der Waals surface area (Å²) >= 11 is 0. The molecule has 1 heterocycles. The van der Waals surface area contributed by atoms with Gasteiger partial charge in [-0.15, -0.1) is 0 Å². The molecule has 2 atom stereocenters. The number of aromatic nitrogens is 2. The summed E-state index contributed by atoms with van der Waals surface area (Å²) in [5.74, 6) is 0.719. The topological polar surface area (TPSA) is 38.1 Å². The van der Waals surface area contributed by atoms with E-state index < -0.39 is 0 Å². The monoisotopic (exact) mass is 275 g/mol. The molecule has 1 aromatic heterocycles. The summed E-state index contributed by atoms with van der Waals surface area (Å²) < 4.78 is 1.76. The van der Waals surface area contributed by atoms with Crippen molar-refractivity contribution < 1.29 is 4.79 Å². The van der Waals surface area contributed by atoms with Crippen LogP contribution >= 0.6 is 0 Å². The fourth-order valence-electron chi connectivity index (χ4n) is 2.96. The van der Waals surface area contributed by atoms with Gasteiger partial charge in [-0.1, -0.05) is 25.5 Å². The minimum Gasteiger partial charge on any atom is -0.341 e. The Balaban J connectivity index is 2.03. The molecule has 0 saturated heterocycles. The van der Waals surface area contributed by atoms with Crippen molar-refractivity contribution in [1.82, 2.24) is 14.7 Å². The first-order valence-corrected chi connectivity index (χ1v) is 7.11. The second-order valence-electron chi connectivity index (χ2n) is 6.79. The molecule has 4 nitrogen and oxygen atoms in total. The molecular weight excluding hydrogens is 250 g/mol. The van der Waals surface area contributed by atoms with Crippen molar-refractivity contribution in [2.75, 3.05) is 7.05 Å².